The molecule has 1 rings (SSSR count). The van der Waals surface area contributed by atoms with Crippen LogP contribution in [0.2, 0.25) is 0 Å². The molecule has 102 valence electrons. The van der Waals surface area contributed by atoms with Crippen molar-refractivity contribution in [3.8, 4) is 0 Å². The first-order chi connectivity index (χ1) is 8.69. The van der Waals surface area contributed by atoms with Crippen LogP contribution in [-0.2, 0) is 0 Å². The highest BCUT2D eigenvalue weighted by Gasteiger charge is 2.02. The molecule has 0 saturated carbocycles. The first-order valence-corrected chi connectivity index (χ1v) is 6.75. The molecule has 1 heterocycles. The number of rotatable bonds is 8. The average molecular weight is 251 g/mol. The molecular weight excluding hydrogens is 226 g/mol. The maximum absolute atomic E-state index is 4.42. The number of nitrogens with zero attached hydrogens (tertiary/aromatic N) is 3. The highest BCUT2D eigenvalue weighted by Crippen LogP contribution is 2.09. The van der Waals surface area contributed by atoms with Crippen LogP contribution in [0.15, 0.2) is 6.07 Å². The summed E-state index contributed by atoms with van der Waals surface area (Å²) in [5, 5.41) is 6.49. The van der Waals surface area contributed by atoms with Crippen LogP contribution in [0.1, 0.15) is 26.5 Å². The zero-order valence-electron chi connectivity index (χ0n) is 12.0. The van der Waals surface area contributed by atoms with Gasteiger partial charge in [-0.15, -0.1) is 0 Å². The summed E-state index contributed by atoms with van der Waals surface area (Å²) in [7, 11) is 0. The molecule has 0 atom stereocenters. The summed E-state index contributed by atoms with van der Waals surface area (Å²) >= 11 is 0. The molecule has 1 aromatic heterocycles. The molecule has 0 radical (unpaired) electrons. The largest absolute Gasteiger partial charge is 0.369 e. The van der Waals surface area contributed by atoms with Gasteiger partial charge in [0.2, 0.25) is 5.95 Å². The Hall–Kier alpha value is -1.36. The third-order valence-corrected chi connectivity index (χ3v) is 2.82. The Kier molecular flexibility index (Phi) is 6.43. The first kappa shape index (κ1) is 14.7. The lowest BCUT2D eigenvalue weighted by Crippen LogP contribution is -2.28. The summed E-state index contributed by atoms with van der Waals surface area (Å²) in [6.07, 6.45) is 0. The van der Waals surface area contributed by atoms with Gasteiger partial charge in [-0.25, -0.2) is 4.98 Å². The average Bonchev–Trinajstić information content (AvgIpc) is 2.34. The van der Waals surface area contributed by atoms with Crippen LogP contribution in [0, 0.1) is 6.92 Å². The normalized spacial score (nSPS) is 10.7. The van der Waals surface area contributed by atoms with E-state index in [1.54, 1.807) is 0 Å². The van der Waals surface area contributed by atoms with Crippen molar-refractivity contribution in [2.45, 2.75) is 27.7 Å². The van der Waals surface area contributed by atoms with Gasteiger partial charge in [-0.3, -0.25) is 0 Å². The van der Waals surface area contributed by atoms with Gasteiger partial charge in [-0.05, 0) is 26.9 Å². The zero-order chi connectivity index (χ0) is 13.4. The molecule has 0 amide bonds. The number of nitrogens with one attached hydrogen (secondary N) is 2. The maximum Gasteiger partial charge on any atom is 0.224 e. The molecule has 0 aliphatic rings. The minimum Gasteiger partial charge on any atom is -0.369 e. The van der Waals surface area contributed by atoms with Crippen LogP contribution < -0.4 is 10.6 Å². The number of likely N-dealkylation sites (N-methyl/N-ethyl adjacent to an activating group) is 1. The van der Waals surface area contributed by atoms with E-state index in [0.717, 1.165) is 44.2 Å². The monoisotopic (exact) mass is 251 g/mol. The van der Waals surface area contributed by atoms with E-state index in [1.807, 2.05) is 19.9 Å². The fourth-order valence-electron chi connectivity index (χ4n) is 1.78. The van der Waals surface area contributed by atoms with Crippen LogP contribution in [0.4, 0.5) is 11.8 Å². The molecule has 0 saturated heterocycles. The second-order valence-electron chi connectivity index (χ2n) is 4.20. The van der Waals surface area contributed by atoms with Crippen molar-refractivity contribution >= 4 is 11.8 Å². The van der Waals surface area contributed by atoms with Crippen LogP contribution in [0.25, 0.3) is 0 Å². The molecule has 0 spiro atoms. The number of anilines is 2. The van der Waals surface area contributed by atoms with Crippen LogP contribution in [0.5, 0.6) is 0 Å². The highest BCUT2D eigenvalue weighted by molar-refractivity contribution is 5.42. The Morgan fingerprint density at radius 3 is 2.44 bits per heavy atom. The van der Waals surface area contributed by atoms with Crippen molar-refractivity contribution in [2.24, 2.45) is 0 Å². The van der Waals surface area contributed by atoms with Crippen molar-refractivity contribution in [3.63, 3.8) is 0 Å². The fraction of sp³-hybridized carbons (Fsp3) is 0.692. The van der Waals surface area contributed by atoms with Crippen molar-refractivity contribution in [2.75, 3.05) is 43.4 Å². The van der Waals surface area contributed by atoms with Crippen LogP contribution in [-0.4, -0.2) is 47.6 Å². The van der Waals surface area contributed by atoms with Crippen molar-refractivity contribution in [1.29, 1.82) is 0 Å². The lowest BCUT2D eigenvalue weighted by Gasteiger charge is -2.18. The summed E-state index contributed by atoms with van der Waals surface area (Å²) in [5.41, 5.74) is 0.978. The minimum absolute atomic E-state index is 0.697. The standard InChI is InChI=1S/C13H25N5/c1-5-14-13-16-11(4)10-12(17-13)15-8-9-18(6-2)7-3/h10H,5-9H2,1-4H3,(H2,14,15,16,17). The molecule has 5 heteroatoms. The first-order valence-electron chi connectivity index (χ1n) is 6.75. The van der Waals surface area contributed by atoms with Gasteiger partial charge in [-0.2, -0.15) is 4.98 Å². The summed E-state index contributed by atoms with van der Waals surface area (Å²) in [5.74, 6) is 1.59. The van der Waals surface area contributed by atoms with Gasteiger partial charge in [0.15, 0.2) is 0 Å². The number of hydrogen-bond acceptors (Lipinski definition) is 5. The van der Waals surface area contributed by atoms with E-state index in [1.165, 1.54) is 0 Å². The van der Waals surface area contributed by atoms with E-state index in [0.29, 0.717) is 5.95 Å². The molecule has 1 aromatic rings. The predicted octanol–water partition coefficient (Wildman–Crippen LogP) is 1.97. The van der Waals surface area contributed by atoms with Crippen molar-refractivity contribution < 1.29 is 0 Å². The minimum atomic E-state index is 0.697. The van der Waals surface area contributed by atoms with E-state index in [2.05, 4.69) is 39.3 Å². The quantitative estimate of drug-likeness (QED) is 0.740. The van der Waals surface area contributed by atoms with Crippen molar-refractivity contribution in [1.82, 2.24) is 14.9 Å². The molecular formula is C13H25N5. The summed E-state index contributed by atoms with van der Waals surface area (Å²) in [6, 6.07) is 1.98. The molecule has 18 heavy (non-hydrogen) atoms. The third-order valence-electron chi connectivity index (χ3n) is 2.82. The van der Waals surface area contributed by atoms with E-state index in [9.17, 15) is 0 Å². The van der Waals surface area contributed by atoms with Gasteiger partial charge < -0.3 is 15.5 Å². The molecule has 2 N–H and O–H groups in total. The summed E-state index contributed by atoms with van der Waals surface area (Å²) < 4.78 is 0. The Balaban J connectivity index is 2.51. The van der Waals surface area contributed by atoms with Crippen LogP contribution in [0.3, 0.4) is 0 Å². The second-order valence-corrected chi connectivity index (χ2v) is 4.20. The van der Waals surface area contributed by atoms with Gasteiger partial charge in [0, 0.05) is 31.4 Å². The fourth-order valence-corrected chi connectivity index (χ4v) is 1.78. The topological polar surface area (TPSA) is 53.1 Å². The molecule has 0 unspecified atom stereocenters. The molecule has 0 fully saturated rings. The lowest BCUT2D eigenvalue weighted by molar-refractivity contribution is 0.316. The third kappa shape index (κ3) is 4.87. The Bertz CT molecular complexity index is 349. The Morgan fingerprint density at radius 1 is 1.11 bits per heavy atom. The molecule has 0 aromatic carbocycles. The van der Waals surface area contributed by atoms with Gasteiger partial charge in [0.25, 0.3) is 0 Å². The summed E-state index contributed by atoms with van der Waals surface area (Å²) in [4.78, 5) is 11.1. The van der Waals surface area contributed by atoms with Crippen LogP contribution >= 0.6 is 0 Å². The number of hydrogen-bond donors (Lipinski definition) is 2. The van der Waals surface area contributed by atoms with E-state index >= 15 is 0 Å². The molecule has 5 nitrogen and oxygen atoms in total. The Labute approximate surface area is 110 Å². The molecule has 0 bridgehead atoms. The van der Waals surface area contributed by atoms with Gasteiger partial charge >= 0.3 is 0 Å². The SMILES string of the molecule is CCNc1nc(C)cc(NCCN(CC)CC)n1. The van der Waals surface area contributed by atoms with E-state index in [4.69, 9.17) is 0 Å². The smallest absolute Gasteiger partial charge is 0.224 e. The van der Waals surface area contributed by atoms with Gasteiger partial charge in [0.1, 0.15) is 5.82 Å². The highest BCUT2D eigenvalue weighted by atomic mass is 15.2. The second kappa shape index (κ2) is 7.87. The van der Waals surface area contributed by atoms with E-state index < -0.39 is 0 Å². The maximum atomic E-state index is 4.42. The number of aromatic nitrogens is 2. The van der Waals surface area contributed by atoms with Gasteiger partial charge in [0.05, 0.1) is 0 Å². The lowest BCUT2D eigenvalue weighted by atomic mass is 10.4. The molecule has 0 aliphatic heterocycles. The predicted molar refractivity (Wildman–Crippen MR) is 77.2 cm³/mol. The van der Waals surface area contributed by atoms with Crippen molar-refractivity contribution in [3.05, 3.63) is 11.8 Å². The number of aryl methyl sites for hydroxylation is 1. The Morgan fingerprint density at radius 2 is 1.83 bits per heavy atom. The van der Waals surface area contributed by atoms with Gasteiger partial charge in [-0.1, -0.05) is 13.8 Å². The zero-order valence-corrected chi connectivity index (χ0v) is 12.0. The molecule has 0 aliphatic carbocycles. The van der Waals surface area contributed by atoms with E-state index in [-0.39, 0.29) is 0 Å². The summed E-state index contributed by atoms with van der Waals surface area (Å²) in [6.45, 7) is 13.3.